The Bertz CT molecular complexity index is 1060. The highest BCUT2D eigenvalue weighted by atomic mass is 16.7. The number of carbonyl (C=O) groups is 4. The highest BCUT2D eigenvalue weighted by Crippen LogP contribution is 2.23. The molecule has 0 bridgehead atoms. The van der Waals surface area contributed by atoms with Gasteiger partial charge in [0.1, 0.15) is 6.26 Å². The van der Waals surface area contributed by atoms with Crippen LogP contribution in [-0.4, -0.2) is 177 Å². The number of nitrogens with one attached hydrogen (secondary N) is 1. The molecule has 4 heterocycles. The number of aliphatic hydroxyl groups is 2. The zero-order valence-corrected chi connectivity index (χ0v) is 28.9. The van der Waals surface area contributed by atoms with Crippen molar-refractivity contribution in [3.05, 3.63) is 23.6 Å². The van der Waals surface area contributed by atoms with Crippen molar-refractivity contribution in [3.63, 3.8) is 0 Å². The lowest BCUT2D eigenvalue weighted by molar-refractivity contribution is -0.224. The van der Waals surface area contributed by atoms with Crippen LogP contribution in [0.1, 0.15) is 27.7 Å². The second-order valence-electron chi connectivity index (χ2n) is 12.2. The van der Waals surface area contributed by atoms with Crippen molar-refractivity contribution >= 4 is 23.9 Å². The average Bonchev–Trinajstić information content (AvgIpc) is 3.00. The van der Waals surface area contributed by atoms with Crippen LogP contribution in [-0.2, 0) is 42.9 Å². The van der Waals surface area contributed by atoms with E-state index in [1.165, 1.54) is 41.0 Å². The Kier molecular flexibility index (Phi) is 17.2. The lowest BCUT2D eigenvalue weighted by Gasteiger charge is -2.34. The molecule has 5 N–H and O–H groups in total. The summed E-state index contributed by atoms with van der Waals surface area (Å²) in [5, 5.41) is 20.6. The number of aliphatic hydroxyl groups excluding tert-OH is 2. The van der Waals surface area contributed by atoms with Crippen molar-refractivity contribution < 1.29 is 53.1 Å². The third kappa shape index (κ3) is 14.4. The summed E-state index contributed by atoms with van der Waals surface area (Å²) in [4.78, 5) is 54.9. The molecule has 0 saturated carbocycles. The first kappa shape index (κ1) is 40.9. The summed E-state index contributed by atoms with van der Waals surface area (Å²) in [6.07, 6.45) is 2.36. The smallest absolute Gasteiger partial charge is 0.352 e. The number of β-amino-alcohol motifs (C(OH)–C–C–N with tert-alkyl or cyclic N) is 2. The number of nitrogens with zero attached hydrogens (tertiary/aromatic N) is 4. The molecule has 0 radical (unpaired) electrons. The normalized spacial score (nSPS) is 21.7. The van der Waals surface area contributed by atoms with Gasteiger partial charge in [0.25, 0.3) is 11.6 Å². The summed E-state index contributed by atoms with van der Waals surface area (Å²) in [7, 11) is 1.33. The predicted octanol–water partition coefficient (Wildman–Crippen LogP) is -2.19. The second kappa shape index (κ2) is 20.3. The number of piperazine rings is 2. The van der Waals surface area contributed by atoms with Crippen LogP contribution < -0.4 is 11.1 Å². The number of hydrogen-bond acceptors (Lipinski definition) is 17. The van der Waals surface area contributed by atoms with E-state index in [0.717, 1.165) is 91.3 Å². The first-order valence-electron chi connectivity index (χ1n) is 16.1. The van der Waals surface area contributed by atoms with Crippen LogP contribution in [0.3, 0.4) is 0 Å². The van der Waals surface area contributed by atoms with E-state index in [1.54, 1.807) is 0 Å². The molecule has 0 aromatic carbocycles. The van der Waals surface area contributed by atoms with Gasteiger partial charge in [0.15, 0.2) is 11.1 Å². The van der Waals surface area contributed by atoms with Crippen LogP contribution in [0.2, 0.25) is 0 Å². The lowest BCUT2D eigenvalue weighted by atomic mass is 10.2. The zero-order chi connectivity index (χ0) is 35.7. The number of nitrogens with two attached hydrogens (primary N) is 1. The van der Waals surface area contributed by atoms with Gasteiger partial charge in [0.2, 0.25) is 0 Å². The van der Waals surface area contributed by atoms with E-state index >= 15 is 0 Å². The highest BCUT2D eigenvalue weighted by Gasteiger charge is 2.40. The molecule has 17 heteroatoms. The third-order valence-corrected chi connectivity index (χ3v) is 7.50. The second-order valence-corrected chi connectivity index (χ2v) is 12.2. The van der Waals surface area contributed by atoms with E-state index in [9.17, 15) is 19.2 Å². The van der Waals surface area contributed by atoms with Crippen LogP contribution in [0.25, 0.3) is 0 Å². The first-order valence-corrected chi connectivity index (χ1v) is 16.1. The number of cyclic esters (lactones) is 4. The Hall–Kier alpha value is -3.32. The Morgan fingerprint density at radius 3 is 1.38 bits per heavy atom. The maximum absolute atomic E-state index is 11.7. The van der Waals surface area contributed by atoms with Gasteiger partial charge in [-0.15, -0.1) is 0 Å². The minimum absolute atomic E-state index is 0.114. The fourth-order valence-corrected chi connectivity index (χ4v) is 4.99. The molecule has 0 aliphatic carbocycles. The molecule has 4 fully saturated rings. The van der Waals surface area contributed by atoms with Crippen LogP contribution in [0.15, 0.2) is 23.6 Å². The molecule has 0 unspecified atom stereocenters. The van der Waals surface area contributed by atoms with Gasteiger partial charge in [-0.25, -0.2) is 19.2 Å². The molecule has 0 amide bonds. The molecule has 0 atom stereocenters. The average molecular weight is 687 g/mol. The number of esters is 4. The SMILES string of the molecule is CC1(C)OC(=O)C(=CNCCN2CCN(CCO)CC2)C(=O)O1.COC=C1C(=O)OC(C)(C)OC1=O.NCCN1CCN(CCO)CC1. The molecular formula is C31H54N6O11. The zero-order valence-electron chi connectivity index (χ0n) is 28.9. The van der Waals surface area contributed by atoms with Crippen molar-refractivity contribution in [3.8, 4) is 0 Å². The van der Waals surface area contributed by atoms with E-state index in [4.69, 9.17) is 34.9 Å². The molecule has 4 rings (SSSR count). The molecule has 4 aliphatic rings. The Labute approximate surface area is 282 Å². The first-order chi connectivity index (χ1) is 22.7. The van der Waals surface area contributed by atoms with Crippen molar-refractivity contribution in [2.24, 2.45) is 5.73 Å². The fraction of sp³-hybridized carbons (Fsp3) is 0.742. The number of ether oxygens (including phenoxy) is 5. The molecule has 4 aliphatic heterocycles. The van der Waals surface area contributed by atoms with Gasteiger partial charge in [0, 0.05) is 126 Å². The number of hydrogen-bond donors (Lipinski definition) is 4. The van der Waals surface area contributed by atoms with Crippen LogP contribution in [0.4, 0.5) is 0 Å². The molecule has 48 heavy (non-hydrogen) atoms. The molecule has 274 valence electrons. The Balaban J connectivity index is 0.000000272. The van der Waals surface area contributed by atoms with Crippen molar-refractivity contribution in [1.82, 2.24) is 24.9 Å². The fourth-order valence-electron chi connectivity index (χ4n) is 4.99. The van der Waals surface area contributed by atoms with Crippen LogP contribution >= 0.6 is 0 Å². The van der Waals surface area contributed by atoms with Gasteiger partial charge in [-0.2, -0.15) is 0 Å². The molecule has 0 spiro atoms. The maximum Gasteiger partial charge on any atom is 0.352 e. The van der Waals surface area contributed by atoms with Gasteiger partial charge < -0.3 is 44.9 Å². The lowest BCUT2D eigenvalue weighted by Crippen LogP contribution is -2.48. The number of carbonyl (C=O) groups excluding carboxylic acids is 4. The molecule has 17 nitrogen and oxygen atoms in total. The summed E-state index contributed by atoms with van der Waals surface area (Å²) in [5.41, 5.74) is 5.11. The Morgan fingerprint density at radius 1 is 0.667 bits per heavy atom. The number of rotatable bonds is 11. The molecular weight excluding hydrogens is 632 g/mol. The summed E-state index contributed by atoms with van der Waals surface area (Å²) in [5.74, 6) is -5.21. The molecule has 0 aromatic heterocycles. The van der Waals surface area contributed by atoms with Crippen molar-refractivity contribution in [2.45, 2.75) is 39.3 Å². The maximum atomic E-state index is 11.7. The van der Waals surface area contributed by atoms with Gasteiger partial charge in [-0.3, -0.25) is 19.6 Å². The Morgan fingerprint density at radius 2 is 1.02 bits per heavy atom. The summed E-state index contributed by atoms with van der Waals surface area (Å²) >= 11 is 0. The summed E-state index contributed by atoms with van der Waals surface area (Å²) in [6, 6.07) is 0. The topological polar surface area (TPSA) is 206 Å². The molecule has 0 aromatic rings. The summed E-state index contributed by atoms with van der Waals surface area (Å²) in [6.45, 7) is 19.3. The van der Waals surface area contributed by atoms with Crippen molar-refractivity contribution in [2.75, 3.05) is 112 Å². The molecule has 4 saturated heterocycles. The van der Waals surface area contributed by atoms with Gasteiger partial charge in [-0.1, -0.05) is 0 Å². The quantitative estimate of drug-likeness (QED) is 0.0599. The predicted molar refractivity (Wildman–Crippen MR) is 173 cm³/mol. The van der Waals surface area contributed by atoms with E-state index in [0.29, 0.717) is 6.54 Å². The van der Waals surface area contributed by atoms with Crippen molar-refractivity contribution in [1.29, 1.82) is 0 Å². The van der Waals surface area contributed by atoms with E-state index < -0.39 is 35.5 Å². The summed E-state index contributed by atoms with van der Waals surface area (Å²) < 4.78 is 24.1. The minimum atomic E-state index is -1.21. The largest absolute Gasteiger partial charge is 0.503 e. The third-order valence-electron chi connectivity index (χ3n) is 7.50. The number of methoxy groups -OCH3 is 1. The minimum Gasteiger partial charge on any atom is -0.503 e. The van der Waals surface area contributed by atoms with Gasteiger partial charge in [-0.05, 0) is 0 Å². The van der Waals surface area contributed by atoms with Gasteiger partial charge in [0.05, 0.1) is 20.3 Å². The highest BCUT2D eigenvalue weighted by molar-refractivity contribution is 6.15. The van der Waals surface area contributed by atoms with Crippen LogP contribution in [0.5, 0.6) is 0 Å². The van der Waals surface area contributed by atoms with E-state index in [-0.39, 0.29) is 24.4 Å². The van der Waals surface area contributed by atoms with Gasteiger partial charge >= 0.3 is 23.9 Å². The van der Waals surface area contributed by atoms with E-state index in [2.05, 4.69) is 29.7 Å². The van der Waals surface area contributed by atoms with Crippen LogP contribution in [0, 0.1) is 0 Å². The standard InChI is InChI=1S/C15H25N3O5.C8H19N3O.C8H10O5/c1-15(2)22-13(20)12(14(21)23-15)11-16-3-4-17-5-7-18(8-6-17)9-10-19;9-1-2-10-3-5-11(6-4-10)7-8-12;1-8(2)12-6(9)5(4-11-3)7(10)13-8/h11,16,19H,3-10H2,1-2H3;12H,1-9H2;4H,1-3H3. The monoisotopic (exact) mass is 686 g/mol. The van der Waals surface area contributed by atoms with E-state index in [1.807, 2.05) is 0 Å².